The Balaban J connectivity index is 4.18. The fraction of sp³-hybridized carbons (Fsp3) is 0.900. The lowest BCUT2D eigenvalue weighted by atomic mass is 10.3. The number of rotatable bonds is 6. The van der Waals surface area contributed by atoms with E-state index in [1.807, 2.05) is 11.9 Å². The second-order valence-corrected chi connectivity index (χ2v) is 3.62. The molecule has 0 aliphatic heterocycles. The molecule has 0 aromatic rings. The highest BCUT2D eigenvalue weighted by Crippen LogP contribution is 1.97. The van der Waals surface area contributed by atoms with Crippen molar-refractivity contribution in [3.8, 4) is 0 Å². The van der Waals surface area contributed by atoms with Gasteiger partial charge in [0.15, 0.2) is 0 Å². The molecule has 3 N–H and O–H groups in total. The van der Waals surface area contributed by atoms with Gasteiger partial charge in [-0.3, -0.25) is 10.4 Å². The fourth-order valence-corrected chi connectivity index (χ4v) is 1.16. The molecular formula is C10H24N4O. The van der Waals surface area contributed by atoms with E-state index in [9.17, 15) is 0 Å². The lowest BCUT2D eigenvalue weighted by Crippen LogP contribution is -2.48. The van der Waals surface area contributed by atoms with Crippen LogP contribution in [0.3, 0.4) is 0 Å². The maximum absolute atomic E-state index is 5.43. The molecule has 0 fully saturated rings. The van der Waals surface area contributed by atoms with Crippen molar-refractivity contribution in [3.05, 3.63) is 0 Å². The summed E-state index contributed by atoms with van der Waals surface area (Å²) in [6.45, 7) is 5.67. The topological polar surface area (TPSA) is 62.9 Å². The van der Waals surface area contributed by atoms with Gasteiger partial charge in [-0.25, -0.2) is 5.84 Å². The first-order valence-corrected chi connectivity index (χ1v) is 5.40. The van der Waals surface area contributed by atoms with Crippen LogP contribution in [0.15, 0.2) is 4.99 Å². The zero-order valence-corrected chi connectivity index (χ0v) is 10.3. The number of ether oxygens (including phenoxy) is 1. The Hall–Kier alpha value is -0.810. The molecule has 0 aliphatic carbocycles. The van der Waals surface area contributed by atoms with E-state index in [0.29, 0.717) is 12.6 Å². The number of likely N-dealkylation sites (N-methyl/N-ethyl adjacent to an activating group) is 1. The third-order valence-electron chi connectivity index (χ3n) is 2.31. The zero-order chi connectivity index (χ0) is 11.7. The second-order valence-electron chi connectivity index (χ2n) is 3.62. The summed E-state index contributed by atoms with van der Waals surface area (Å²) in [7, 11) is 3.64. The number of unbranched alkanes of at least 4 members (excludes halogenated alkanes) is 1. The smallest absolute Gasteiger partial charge is 0.208 e. The fourth-order valence-electron chi connectivity index (χ4n) is 1.16. The molecule has 0 bridgehead atoms. The number of hydrazine groups is 1. The van der Waals surface area contributed by atoms with Crippen molar-refractivity contribution in [2.24, 2.45) is 10.8 Å². The van der Waals surface area contributed by atoms with Crippen LogP contribution in [0.1, 0.15) is 26.7 Å². The predicted octanol–water partition coefficient (Wildman–Crippen LogP) is 0.573. The van der Waals surface area contributed by atoms with Crippen molar-refractivity contribution in [1.82, 2.24) is 10.3 Å². The molecule has 5 nitrogen and oxygen atoms in total. The Morgan fingerprint density at radius 3 is 2.73 bits per heavy atom. The Morgan fingerprint density at radius 2 is 2.27 bits per heavy atom. The molecule has 0 aromatic heterocycles. The van der Waals surface area contributed by atoms with Crippen molar-refractivity contribution in [2.75, 3.05) is 27.3 Å². The minimum atomic E-state index is 0.256. The predicted molar refractivity (Wildman–Crippen MR) is 63.6 cm³/mol. The Morgan fingerprint density at radius 1 is 1.60 bits per heavy atom. The summed E-state index contributed by atoms with van der Waals surface area (Å²) in [4.78, 5) is 6.37. The van der Waals surface area contributed by atoms with Gasteiger partial charge in [0.2, 0.25) is 5.96 Å². The summed E-state index contributed by atoms with van der Waals surface area (Å²) in [5.41, 5.74) is 2.62. The molecule has 1 atom stereocenters. The lowest BCUT2D eigenvalue weighted by molar-refractivity contribution is 0.144. The zero-order valence-electron chi connectivity index (χ0n) is 10.3. The van der Waals surface area contributed by atoms with Gasteiger partial charge in [0.1, 0.15) is 0 Å². The summed E-state index contributed by atoms with van der Waals surface area (Å²) in [6.07, 6.45) is 2.22. The number of aliphatic imine (C=N–C) groups is 1. The molecule has 15 heavy (non-hydrogen) atoms. The van der Waals surface area contributed by atoms with Crippen LogP contribution in [0, 0.1) is 0 Å². The molecule has 0 heterocycles. The Labute approximate surface area is 92.7 Å². The summed E-state index contributed by atoms with van der Waals surface area (Å²) in [5, 5.41) is 0. The van der Waals surface area contributed by atoms with Crippen LogP contribution < -0.4 is 11.3 Å². The summed E-state index contributed by atoms with van der Waals surface area (Å²) in [5.74, 6) is 6.14. The van der Waals surface area contributed by atoms with E-state index < -0.39 is 0 Å². The molecule has 0 rings (SSSR count). The molecule has 0 aromatic carbocycles. The van der Waals surface area contributed by atoms with Gasteiger partial charge < -0.3 is 9.64 Å². The summed E-state index contributed by atoms with van der Waals surface area (Å²) in [6, 6.07) is 0.256. The van der Waals surface area contributed by atoms with Gasteiger partial charge in [-0.1, -0.05) is 13.3 Å². The first-order chi connectivity index (χ1) is 7.17. The van der Waals surface area contributed by atoms with E-state index in [-0.39, 0.29) is 6.04 Å². The molecule has 0 saturated carbocycles. The Bertz CT molecular complexity index is 184. The van der Waals surface area contributed by atoms with Crippen LogP contribution >= 0.6 is 0 Å². The first kappa shape index (κ1) is 14.2. The van der Waals surface area contributed by atoms with Crippen LogP contribution in [0.25, 0.3) is 0 Å². The third-order valence-corrected chi connectivity index (χ3v) is 2.31. The van der Waals surface area contributed by atoms with E-state index in [2.05, 4.69) is 24.3 Å². The minimum Gasteiger partial charge on any atom is -0.383 e. The summed E-state index contributed by atoms with van der Waals surface area (Å²) < 4.78 is 5.08. The third kappa shape index (κ3) is 5.59. The molecule has 0 aliphatic rings. The van der Waals surface area contributed by atoms with E-state index in [1.165, 1.54) is 0 Å². The van der Waals surface area contributed by atoms with E-state index in [4.69, 9.17) is 10.6 Å². The highest BCUT2D eigenvalue weighted by molar-refractivity contribution is 5.79. The van der Waals surface area contributed by atoms with Gasteiger partial charge in [-0.2, -0.15) is 0 Å². The minimum absolute atomic E-state index is 0.256. The molecular weight excluding hydrogens is 192 g/mol. The SMILES string of the molecule is CCCCN=C(NN)N(C)C(C)COC. The maximum Gasteiger partial charge on any atom is 0.208 e. The van der Waals surface area contributed by atoms with Gasteiger partial charge in [-0.15, -0.1) is 0 Å². The monoisotopic (exact) mass is 216 g/mol. The number of hydrogen-bond acceptors (Lipinski definition) is 3. The summed E-state index contributed by atoms with van der Waals surface area (Å²) >= 11 is 0. The van der Waals surface area contributed by atoms with Gasteiger partial charge in [0, 0.05) is 20.7 Å². The number of nitrogens with one attached hydrogen (secondary N) is 1. The van der Waals surface area contributed by atoms with Gasteiger partial charge >= 0.3 is 0 Å². The quantitative estimate of drug-likeness (QED) is 0.224. The van der Waals surface area contributed by atoms with Crippen molar-refractivity contribution >= 4 is 5.96 Å². The number of methoxy groups -OCH3 is 1. The van der Waals surface area contributed by atoms with Gasteiger partial charge in [-0.05, 0) is 13.3 Å². The van der Waals surface area contributed by atoms with E-state index in [1.54, 1.807) is 7.11 Å². The van der Waals surface area contributed by atoms with Crippen LogP contribution in [0.4, 0.5) is 0 Å². The molecule has 0 radical (unpaired) electrons. The second kappa shape index (κ2) is 8.49. The normalized spacial score (nSPS) is 13.8. The van der Waals surface area contributed by atoms with Crippen molar-refractivity contribution in [1.29, 1.82) is 0 Å². The van der Waals surface area contributed by atoms with Gasteiger partial charge in [0.05, 0.1) is 12.6 Å². The molecule has 90 valence electrons. The van der Waals surface area contributed by atoms with Crippen molar-refractivity contribution in [2.45, 2.75) is 32.7 Å². The Kier molecular flexibility index (Phi) is 8.04. The molecule has 0 spiro atoms. The number of nitrogens with zero attached hydrogens (tertiary/aromatic N) is 2. The average molecular weight is 216 g/mol. The van der Waals surface area contributed by atoms with Gasteiger partial charge in [0.25, 0.3) is 0 Å². The largest absolute Gasteiger partial charge is 0.383 e. The highest BCUT2D eigenvalue weighted by atomic mass is 16.5. The standard InChI is InChI=1S/C10H24N4O/c1-5-6-7-12-10(13-11)14(3)9(2)8-15-4/h9H,5-8,11H2,1-4H3,(H,12,13). The average Bonchev–Trinajstić information content (AvgIpc) is 2.24. The molecule has 5 heteroatoms. The van der Waals surface area contributed by atoms with Crippen molar-refractivity contribution in [3.63, 3.8) is 0 Å². The number of guanidine groups is 1. The maximum atomic E-state index is 5.43. The highest BCUT2D eigenvalue weighted by Gasteiger charge is 2.12. The molecule has 0 amide bonds. The molecule has 0 saturated heterocycles. The first-order valence-electron chi connectivity index (χ1n) is 5.40. The number of nitrogens with two attached hydrogens (primary N) is 1. The van der Waals surface area contributed by atoms with E-state index >= 15 is 0 Å². The number of hydrogen-bond donors (Lipinski definition) is 2. The van der Waals surface area contributed by atoms with Crippen LogP contribution in [0.2, 0.25) is 0 Å². The molecule has 1 unspecified atom stereocenters. The lowest BCUT2D eigenvalue weighted by Gasteiger charge is -2.26. The van der Waals surface area contributed by atoms with Crippen LogP contribution in [0.5, 0.6) is 0 Å². The van der Waals surface area contributed by atoms with Crippen LogP contribution in [-0.4, -0.2) is 44.2 Å². The van der Waals surface area contributed by atoms with E-state index in [0.717, 1.165) is 19.4 Å². The van der Waals surface area contributed by atoms with Crippen molar-refractivity contribution < 1.29 is 4.74 Å². The van der Waals surface area contributed by atoms with Crippen LogP contribution in [-0.2, 0) is 4.74 Å².